The van der Waals surface area contributed by atoms with Gasteiger partial charge in [-0.15, -0.1) is 0 Å². The number of hydrogen-bond donors (Lipinski definition) is 0. The van der Waals surface area contributed by atoms with E-state index in [-0.39, 0.29) is 11.0 Å². The van der Waals surface area contributed by atoms with Gasteiger partial charge in [-0.2, -0.15) is 0 Å². The first-order valence-corrected chi connectivity index (χ1v) is 9.94. The molecule has 0 saturated heterocycles. The fraction of sp³-hybridized carbons (Fsp3) is 0.800. The number of hydrogen-bond acceptors (Lipinski definition) is 3. The van der Waals surface area contributed by atoms with Crippen molar-refractivity contribution in [1.82, 2.24) is 0 Å². The highest BCUT2D eigenvalue weighted by molar-refractivity contribution is 6.74. The second-order valence-electron chi connectivity index (χ2n) is 7.24. The normalized spacial score (nSPS) is 24.4. The summed E-state index contributed by atoms with van der Waals surface area (Å²) in [6, 6.07) is 0. The average Bonchev–Trinajstić information content (AvgIpc) is 2.47. The average molecular weight is 284 g/mol. The molecule has 0 N–H and O–H groups in total. The summed E-state index contributed by atoms with van der Waals surface area (Å²) in [7, 11) is -1.66. The fourth-order valence-corrected chi connectivity index (χ4v) is 3.02. The zero-order valence-corrected chi connectivity index (χ0v) is 14.4. The van der Waals surface area contributed by atoms with Crippen molar-refractivity contribution in [2.75, 3.05) is 6.61 Å². The van der Waals surface area contributed by atoms with Crippen LogP contribution in [-0.2, 0) is 14.0 Å². The summed E-state index contributed by atoms with van der Waals surface area (Å²) in [5.74, 6) is -0.187. The Hall–Kier alpha value is -0.613. The molecule has 1 aliphatic rings. The van der Waals surface area contributed by atoms with Crippen molar-refractivity contribution in [2.45, 2.75) is 71.2 Å². The summed E-state index contributed by atoms with van der Waals surface area (Å²) in [5.41, 5.74) is 0.283. The Balaban J connectivity index is 2.39. The Kier molecular flexibility index (Phi) is 4.68. The van der Waals surface area contributed by atoms with Crippen molar-refractivity contribution in [3.05, 3.63) is 11.6 Å². The number of rotatable bonds is 5. The van der Waals surface area contributed by atoms with Gasteiger partial charge in [0.25, 0.3) is 0 Å². The van der Waals surface area contributed by atoms with Gasteiger partial charge in [-0.3, -0.25) is 0 Å². The van der Waals surface area contributed by atoms with Crippen LogP contribution in [0.15, 0.2) is 11.6 Å². The summed E-state index contributed by atoms with van der Waals surface area (Å²) in [6.07, 6.45) is 3.67. The summed E-state index contributed by atoms with van der Waals surface area (Å²) in [4.78, 5) is 11.4. The Labute approximate surface area is 118 Å². The van der Waals surface area contributed by atoms with Crippen LogP contribution in [0.2, 0.25) is 18.1 Å². The van der Waals surface area contributed by atoms with Crippen LogP contribution in [-0.4, -0.2) is 26.5 Å². The van der Waals surface area contributed by atoms with E-state index in [2.05, 4.69) is 33.9 Å². The topological polar surface area (TPSA) is 35.5 Å². The van der Waals surface area contributed by atoms with Crippen molar-refractivity contribution in [2.24, 2.45) is 0 Å². The van der Waals surface area contributed by atoms with E-state index in [0.717, 1.165) is 19.4 Å². The zero-order valence-electron chi connectivity index (χ0n) is 13.4. The van der Waals surface area contributed by atoms with E-state index in [1.807, 2.05) is 13.0 Å². The van der Waals surface area contributed by atoms with Gasteiger partial charge in [0, 0.05) is 12.2 Å². The summed E-state index contributed by atoms with van der Waals surface area (Å²) in [6.45, 7) is 15.8. The molecule has 4 heteroatoms. The number of carbonyl (C=O) groups is 1. The molecule has 0 aromatic rings. The van der Waals surface area contributed by atoms with E-state index in [1.165, 1.54) is 0 Å². The van der Waals surface area contributed by atoms with E-state index >= 15 is 0 Å². The highest BCUT2D eigenvalue weighted by Gasteiger charge is 2.37. The Bertz CT molecular complexity index is 379. The molecule has 0 spiro atoms. The maximum absolute atomic E-state index is 11.4. The largest absolute Gasteiger partial charge is 0.452 e. The number of carbonyl (C=O) groups excluding carboxylic acids is 1. The van der Waals surface area contributed by atoms with Crippen LogP contribution in [0.4, 0.5) is 0 Å². The Morgan fingerprint density at radius 3 is 2.37 bits per heavy atom. The summed E-state index contributed by atoms with van der Waals surface area (Å²) >= 11 is 0. The van der Waals surface area contributed by atoms with Crippen molar-refractivity contribution in [1.29, 1.82) is 0 Å². The molecule has 0 radical (unpaired) electrons. The van der Waals surface area contributed by atoms with Gasteiger partial charge in [0.05, 0.1) is 0 Å². The van der Waals surface area contributed by atoms with E-state index < -0.39 is 13.9 Å². The maximum Gasteiger partial charge on any atom is 0.334 e. The monoisotopic (exact) mass is 284 g/mol. The lowest BCUT2D eigenvalue weighted by Gasteiger charge is -2.36. The van der Waals surface area contributed by atoms with Crippen LogP contribution in [0.25, 0.3) is 0 Å². The number of cyclic esters (lactones) is 1. The molecule has 1 rings (SSSR count). The predicted octanol–water partition coefficient (Wildman–Crippen LogP) is 4.05. The molecular weight excluding hydrogens is 256 g/mol. The second kappa shape index (κ2) is 5.41. The molecule has 110 valence electrons. The van der Waals surface area contributed by atoms with Gasteiger partial charge in [0.15, 0.2) is 8.32 Å². The molecule has 0 unspecified atom stereocenters. The highest BCUT2D eigenvalue weighted by Crippen LogP contribution is 2.37. The molecule has 0 saturated carbocycles. The zero-order chi connectivity index (χ0) is 14.9. The van der Waals surface area contributed by atoms with E-state index in [4.69, 9.17) is 9.16 Å². The summed E-state index contributed by atoms with van der Waals surface area (Å²) in [5, 5.41) is 0.243. The van der Waals surface area contributed by atoms with Crippen molar-refractivity contribution < 1.29 is 14.0 Å². The third-order valence-corrected chi connectivity index (χ3v) is 8.79. The van der Waals surface area contributed by atoms with E-state index in [1.54, 1.807) is 6.92 Å². The molecule has 0 bridgehead atoms. The van der Waals surface area contributed by atoms with Gasteiger partial charge < -0.3 is 9.16 Å². The third kappa shape index (κ3) is 4.18. The first-order valence-electron chi connectivity index (χ1n) is 7.04. The Morgan fingerprint density at radius 1 is 1.37 bits per heavy atom. The first-order chi connectivity index (χ1) is 8.47. The first kappa shape index (κ1) is 16.4. The molecule has 19 heavy (non-hydrogen) atoms. The van der Waals surface area contributed by atoms with Crippen LogP contribution >= 0.6 is 0 Å². The molecule has 0 aromatic heterocycles. The highest BCUT2D eigenvalue weighted by atomic mass is 28.4. The van der Waals surface area contributed by atoms with E-state index in [9.17, 15) is 4.79 Å². The minimum Gasteiger partial charge on any atom is -0.452 e. The third-order valence-electron chi connectivity index (χ3n) is 4.26. The predicted molar refractivity (Wildman–Crippen MR) is 80.6 cm³/mol. The lowest BCUT2D eigenvalue weighted by molar-refractivity contribution is -0.145. The quantitative estimate of drug-likeness (QED) is 0.434. The fourth-order valence-electron chi connectivity index (χ4n) is 1.93. The molecule has 1 aliphatic heterocycles. The second-order valence-corrected chi connectivity index (χ2v) is 12.1. The maximum atomic E-state index is 11.4. The smallest absolute Gasteiger partial charge is 0.334 e. The van der Waals surface area contributed by atoms with Gasteiger partial charge in [-0.25, -0.2) is 4.79 Å². The Morgan fingerprint density at radius 2 is 1.95 bits per heavy atom. The van der Waals surface area contributed by atoms with Crippen molar-refractivity contribution >= 4 is 14.3 Å². The SMILES string of the molecule is CC1=C[C@](C)(CCCO[Si](C)(C)C(C)(C)C)OC1=O. The molecule has 0 fully saturated rings. The van der Waals surface area contributed by atoms with Crippen molar-refractivity contribution in [3.8, 4) is 0 Å². The van der Waals surface area contributed by atoms with Gasteiger partial charge in [0.2, 0.25) is 0 Å². The molecule has 3 nitrogen and oxygen atoms in total. The van der Waals surface area contributed by atoms with E-state index in [0.29, 0.717) is 5.57 Å². The van der Waals surface area contributed by atoms with Gasteiger partial charge >= 0.3 is 5.97 Å². The number of esters is 1. The molecule has 0 aliphatic carbocycles. The molecule has 0 amide bonds. The van der Waals surface area contributed by atoms with Crippen LogP contribution < -0.4 is 0 Å². The van der Waals surface area contributed by atoms with Crippen LogP contribution in [0.5, 0.6) is 0 Å². The van der Waals surface area contributed by atoms with Crippen LogP contribution in [0.3, 0.4) is 0 Å². The number of ether oxygens (including phenoxy) is 1. The molecule has 1 atom stereocenters. The van der Waals surface area contributed by atoms with Crippen LogP contribution in [0, 0.1) is 0 Å². The molecule has 0 aromatic carbocycles. The van der Waals surface area contributed by atoms with Gasteiger partial charge in [0.1, 0.15) is 5.60 Å². The van der Waals surface area contributed by atoms with Crippen LogP contribution in [0.1, 0.15) is 47.5 Å². The van der Waals surface area contributed by atoms with Crippen molar-refractivity contribution in [3.63, 3.8) is 0 Å². The standard InChI is InChI=1S/C15H28O3Si/c1-12-11-15(5,18-13(12)16)9-8-10-17-19(6,7)14(2,3)4/h11H,8-10H2,1-7H3/t15-/m0/s1. The molecule has 1 heterocycles. The van der Waals surface area contributed by atoms with Gasteiger partial charge in [-0.05, 0) is 50.9 Å². The molecular formula is C15H28O3Si. The minimum atomic E-state index is -1.66. The lowest BCUT2D eigenvalue weighted by Crippen LogP contribution is -2.41. The minimum absolute atomic E-state index is 0.187. The van der Waals surface area contributed by atoms with Gasteiger partial charge in [-0.1, -0.05) is 20.8 Å². The summed E-state index contributed by atoms with van der Waals surface area (Å²) < 4.78 is 11.5. The lowest BCUT2D eigenvalue weighted by atomic mass is 10.00.